The van der Waals surface area contributed by atoms with Crippen LogP contribution in [0.15, 0.2) is 24.3 Å². The third kappa shape index (κ3) is 2.86. The monoisotopic (exact) mass is 269 g/mol. The van der Waals surface area contributed by atoms with Crippen molar-refractivity contribution < 1.29 is 9.47 Å². The Morgan fingerprint density at radius 3 is 2.45 bits per heavy atom. The van der Waals surface area contributed by atoms with Crippen LogP contribution in [0.4, 0.5) is 0 Å². The van der Waals surface area contributed by atoms with E-state index in [0.29, 0.717) is 12.2 Å². The summed E-state index contributed by atoms with van der Waals surface area (Å²) >= 11 is 0. The minimum Gasteiger partial charge on any atom is -0.497 e. The van der Waals surface area contributed by atoms with E-state index in [1.54, 1.807) is 7.11 Å². The summed E-state index contributed by atoms with van der Waals surface area (Å²) in [5.41, 5.74) is 2.94. The van der Waals surface area contributed by atoms with Gasteiger partial charge in [0.05, 0.1) is 12.8 Å². The number of methoxy groups -OCH3 is 1. The van der Waals surface area contributed by atoms with Crippen LogP contribution in [0, 0.1) is 25.2 Å². The van der Waals surface area contributed by atoms with E-state index in [4.69, 9.17) is 9.47 Å². The summed E-state index contributed by atoms with van der Waals surface area (Å²) in [6, 6.07) is 9.63. The van der Waals surface area contributed by atoms with Gasteiger partial charge in [-0.15, -0.1) is 5.10 Å². The van der Waals surface area contributed by atoms with Crippen LogP contribution >= 0.6 is 0 Å². The molecule has 0 aliphatic heterocycles. The fourth-order valence-corrected chi connectivity index (χ4v) is 1.69. The zero-order chi connectivity index (χ0) is 14.5. The number of rotatable bonds is 4. The summed E-state index contributed by atoms with van der Waals surface area (Å²) in [7, 11) is 1.62. The van der Waals surface area contributed by atoms with E-state index >= 15 is 0 Å². The molecule has 0 N–H and O–H groups in total. The number of hydrogen-bond donors (Lipinski definition) is 0. The van der Waals surface area contributed by atoms with E-state index in [1.165, 1.54) is 0 Å². The van der Waals surface area contributed by atoms with Crippen molar-refractivity contribution in [3.05, 3.63) is 46.6 Å². The highest BCUT2D eigenvalue weighted by molar-refractivity contribution is 5.45. The van der Waals surface area contributed by atoms with Crippen LogP contribution < -0.4 is 9.47 Å². The average Bonchev–Trinajstić information content (AvgIpc) is 2.49. The largest absolute Gasteiger partial charge is 0.497 e. The smallest absolute Gasteiger partial charge is 0.252 e. The number of benzene rings is 1. The molecule has 2 aromatic rings. The number of aromatic nitrogens is 2. The van der Waals surface area contributed by atoms with Gasteiger partial charge in [0, 0.05) is 0 Å². The Balaban J connectivity index is 2.14. The molecule has 5 nitrogen and oxygen atoms in total. The van der Waals surface area contributed by atoms with Gasteiger partial charge in [-0.2, -0.15) is 10.4 Å². The summed E-state index contributed by atoms with van der Waals surface area (Å²) in [5.74, 6) is 1.06. The maximum Gasteiger partial charge on any atom is 0.252 e. The molecule has 0 amide bonds. The first-order valence-corrected chi connectivity index (χ1v) is 6.15. The Morgan fingerprint density at radius 1 is 1.15 bits per heavy atom. The van der Waals surface area contributed by atoms with Gasteiger partial charge in [-0.25, -0.2) is 0 Å². The maximum absolute atomic E-state index is 9.17. The molecule has 0 saturated carbocycles. The molecule has 5 heteroatoms. The summed E-state index contributed by atoms with van der Waals surface area (Å²) in [4.78, 5) is 0. The first kappa shape index (κ1) is 13.8. The molecule has 1 aromatic heterocycles. The van der Waals surface area contributed by atoms with Crippen molar-refractivity contribution in [2.24, 2.45) is 0 Å². The van der Waals surface area contributed by atoms with Gasteiger partial charge >= 0.3 is 0 Å². The first-order chi connectivity index (χ1) is 9.65. The summed E-state index contributed by atoms with van der Waals surface area (Å²) in [6.45, 7) is 3.98. The van der Waals surface area contributed by atoms with E-state index < -0.39 is 0 Å². The van der Waals surface area contributed by atoms with E-state index in [2.05, 4.69) is 16.3 Å². The lowest BCUT2D eigenvalue weighted by Gasteiger charge is -2.09. The fourth-order valence-electron chi connectivity index (χ4n) is 1.69. The molecule has 2 rings (SSSR count). The Hall–Kier alpha value is -2.61. The van der Waals surface area contributed by atoms with Crippen molar-refractivity contribution in [2.45, 2.75) is 20.5 Å². The maximum atomic E-state index is 9.17. The highest BCUT2D eigenvalue weighted by Crippen LogP contribution is 2.20. The third-order valence-electron chi connectivity index (χ3n) is 3.07. The molecule has 1 heterocycles. The highest BCUT2D eigenvalue weighted by Gasteiger charge is 2.12. The molecule has 0 unspecified atom stereocenters. The van der Waals surface area contributed by atoms with E-state index in [1.807, 2.05) is 38.1 Å². The van der Waals surface area contributed by atoms with Crippen LogP contribution in [0.5, 0.6) is 11.6 Å². The summed E-state index contributed by atoms with van der Waals surface area (Å²) in [5, 5.41) is 17.1. The standard InChI is InChI=1S/C15H15N3O2/c1-10-11(2)17-18-15(14(10)8-16)20-9-12-4-6-13(19-3)7-5-12/h4-7H,9H2,1-3H3. The van der Waals surface area contributed by atoms with Crippen molar-refractivity contribution in [2.75, 3.05) is 7.11 Å². The third-order valence-corrected chi connectivity index (χ3v) is 3.07. The van der Waals surface area contributed by atoms with Crippen molar-refractivity contribution in [1.82, 2.24) is 10.2 Å². The predicted molar refractivity (Wildman–Crippen MR) is 73.5 cm³/mol. The molecule has 0 spiro atoms. The molecule has 102 valence electrons. The minimum absolute atomic E-state index is 0.270. The van der Waals surface area contributed by atoms with E-state index in [-0.39, 0.29) is 5.88 Å². The zero-order valence-corrected chi connectivity index (χ0v) is 11.7. The number of aryl methyl sites for hydroxylation is 1. The van der Waals surface area contributed by atoms with Gasteiger partial charge in [0.1, 0.15) is 24.0 Å². The number of nitriles is 1. The molecule has 0 saturated heterocycles. The van der Waals surface area contributed by atoms with Crippen LogP contribution in [-0.4, -0.2) is 17.3 Å². The average molecular weight is 269 g/mol. The van der Waals surface area contributed by atoms with Crippen molar-refractivity contribution in [1.29, 1.82) is 5.26 Å². The second kappa shape index (κ2) is 6.02. The first-order valence-electron chi connectivity index (χ1n) is 6.15. The quantitative estimate of drug-likeness (QED) is 0.853. The second-order valence-electron chi connectivity index (χ2n) is 4.34. The number of nitrogens with zero attached hydrogens (tertiary/aromatic N) is 3. The molecule has 0 bridgehead atoms. The molecular weight excluding hydrogens is 254 g/mol. The fraction of sp³-hybridized carbons (Fsp3) is 0.267. The van der Waals surface area contributed by atoms with Gasteiger partial charge in [0.25, 0.3) is 5.88 Å². The van der Waals surface area contributed by atoms with Gasteiger partial charge in [0.2, 0.25) is 0 Å². The van der Waals surface area contributed by atoms with Gasteiger partial charge in [-0.05, 0) is 37.1 Å². The van der Waals surface area contributed by atoms with Crippen LogP contribution in [0.2, 0.25) is 0 Å². The van der Waals surface area contributed by atoms with Gasteiger partial charge in [-0.3, -0.25) is 0 Å². The molecule has 0 aliphatic carbocycles. The van der Waals surface area contributed by atoms with Crippen molar-refractivity contribution in [3.8, 4) is 17.7 Å². The topological polar surface area (TPSA) is 68.0 Å². The van der Waals surface area contributed by atoms with Gasteiger partial charge in [-0.1, -0.05) is 12.1 Å². The summed E-state index contributed by atoms with van der Waals surface area (Å²) in [6.07, 6.45) is 0. The van der Waals surface area contributed by atoms with E-state index in [0.717, 1.165) is 22.6 Å². The lowest BCUT2D eigenvalue weighted by molar-refractivity contribution is 0.288. The normalized spacial score (nSPS) is 9.90. The minimum atomic E-state index is 0.270. The predicted octanol–water partition coefficient (Wildman–Crippen LogP) is 2.55. The van der Waals surface area contributed by atoms with E-state index in [9.17, 15) is 5.26 Å². The molecule has 0 fully saturated rings. The van der Waals surface area contributed by atoms with Crippen LogP contribution in [0.1, 0.15) is 22.4 Å². The molecule has 20 heavy (non-hydrogen) atoms. The second-order valence-corrected chi connectivity index (χ2v) is 4.34. The molecule has 0 aliphatic rings. The SMILES string of the molecule is COc1ccc(COc2nnc(C)c(C)c2C#N)cc1. The highest BCUT2D eigenvalue weighted by atomic mass is 16.5. The molecule has 1 aromatic carbocycles. The lowest BCUT2D eigenvalue weighted by Crippen LogP contribution is -2.04. The van der Waals surface area contributed by atoms with Crippen LogP contribution in [0.3, 0.4) is 0 Å². The van der Waals surface area contributed by atoms with Gasteiger partial charge < -0.3 is 9.47 Å². The van der Waals surface area contributed by atoms with Crippen LogP contribution in [-0.2, 0) is 6.61 Å². The van der Waals surface area contributed by atoms with Crippen LogP contribution in [0.25, 0.3) is 0 Å². The number of ether oxygens (including phenoxy) is 2. The Morgan fingerprint density at radius 2 is 1.85 bits per heavy atom. The van der Waals surface area contributed by atoms with Gasteiger partial charge in [0.15, 0.2) is 0 Å². The Labute approximate surface area is 117 Å². The summed E-state index contributed by atoms with van der Waals surface area (Å²) < 4.78 is 10.7. The lowest BCUT2D eigenvalue weighted by atomic mass is 10.1. The number of hydrogen-bond acceptors (Lipinski definition) is 5. The van der Waals surface area contributed by atoms with Crippen molar-refractivity contribution >= 4 is 0 Å². The van der Waals surface area contributed by atoms with Crippen molar-refractivity contribution in [3.63, 3.8) is 0 Å². The zero-order valence-electron chi connectivity index (χ0n) is 11.7. The molecular formula is C15H15N3O2. The Kier molecular flexibility index (Phi) is 4.16. The Bertz CT molecular complexity index is 645. The molecule has 0 radical (unpaired) electrons. The molecule has 0 atom stereocenters.